The second-order valence-electron chi connectivity index (χ2n) is 4.96. The van der Waals surface area contributed by atoms with Crippen LogP contribution in [0.1, 0.15) is 30.9 Å². The Hall–Kier alpha value is -1.61. The van der Waals surface area contributed by atoms with Gasteiger partial charge in [-0.15, -0.1) is 0 Å². The Morgan fingerprint density at radius 1 is 1.00 bits per heavy atom. The van der Waals surface area contributed by atoms with Crippen LogP contribution in [-0.2, 0) is 16.6 Å². The van der Waals surface area contributed by atoms with Crippen LogP contribution >= 0.6 is 0 Å². The van der Waals surface area contributed by atoms with Crippen molar-refractivity contribution in [1.29, 1.82) is 0 Å². The van der Waals surface area contributed by atoms with Crippen LogP contribution in [0.4, 0.5) is 5.69 Å². The number of nitrogens with two attached hydrogens (primary N) is 1. The van der Waals surface area contributed by atoms with Gasteiger partial charge in [-0.1, -0.05) is 38.1 Å². The topological polar surface area (TPSA) is 43.1 Å². The van der Waals surface area contributed by atoms with Crippen molar-refractivity contribution in [2.45, 2.75) is 30.4 Å². The van der Waals surface area contributed by atoms with Crippen molar-refractivity contribution >= 4 is 16.5 Å². The van der Waals surface area contributed by atoms with Crippen LogP contribution in [-0.4, -0.2) is 4.21 Å². The van der Waals surface area contributed by atoms with Crippen LogP contribution in [0, 0.1) is 0 Å². The average molecular weight is 273 g/mol. The average Bonchev–Trinajstić information content (AvgIpc) is 2.41. The van der Waals surface area contributed by atoms with E-state index >= 15 is 0 Å². The molecule has 0 fully saturated rings. The second kappa shape index (κ2) is 6.02. The number of hydrogen-bond donors (Lipinski definition) is 1. The van der Waals surface area contributed by atoms with Crippen LogP contribution < -0.4 is 5.73 Å². The lowest BCUT2D eigenvalue weighted by atomic mass is 10.0. The van der Waals surface area contributed by atoms with Crippen molar-refractivity contribution < 1.29 is 4.21 Å². The van der Waals surface area contributed by atoms with Crippen molar-refractivity contribution in [3.05, 3.63) is 59.7 Å². The molecule has 0 radical (unpaired) electrons. The number of hydrogen-bond acceptors (Lipinski definition) is 2. The smallest absolute Gasteiger partial charge is 0.0574 e. The van der Waals surface area contributed by atoms with Gasteiger partial charge in [-0.05, 0) is 41.3 Å². The van der Waals surface area contributed by atoms with E-state index in [1.807, 2.05) is 36.4 Å². The van der Waals surface area contributed by atoms with Gasteiger partial charge in [0.25, 0.3) is 0 Å². The van der Waals surface area contributed by atoms with Gasteiger partial charge in [0.15, 0.2) is 0 Å². The molecule has 0 aromatic heterocycles. The molecule has 0 saturated heterocycles. The van der Waals surface area contributed by atoms with Crippen LogP contribution in [0.2, 0.25) is 0 Å². The first-order chi connectivity index (χ1) is 9.06. The van der Waals surface area contributed by atoms with Gasteiger partial charge in [0.2, 0.25) is 0 Å². The van der Waals surface area contributed by atoms with E-state index in [0.29, 0.717) is 11.7 Å². The maximum absolute atomic E-state index is 12.3. The Balaban J connectivity index is 2.09. The molecule has 2 nitrogen and oxygen atoms in total. The van der Waals surface area contributed by atoms with Gasteiger partial charge < -0.3 is 5.73 Å². The SMILES string of the molecule is CC(C)c1ccc(S(=O)Cc2ccc(N)cc2)cc1. The Labute approximate surface area is 117 Å². The van der Waals surface area contributed by atoms with Crippen molar-refractivity contribution in [2.24, 2.45) is 0 Å². The van der Waals surface area contributed by atoms with E-state index in [9.17, 15) is 4.21 Å². The summed E-state index contributed by atoms with van der Waals surface area (Å²) >= 11 is 0. The molecule has 2 aromatic rings. The molecule has 0 bridgehead atoms. The zero-order valence-corrected chi connectivity index (χ0v) is 12.1. The molecular weight excluding hydrogens is 254 g/mol. The minimum absolute atomic E-state index is 0.500. The van der Waals surface area contributed by atoms with Gasteiger partial charge in [0.1, 0.15) is 0 Å². The van der Waals surface area contributed by atoms with Crippen molar-refractivity contribution in [2.75, 3.05) is 5.73 Å². The quantitative estimate of drug-likeness (QED) is 0.863. The third-order valence-electron chi connectivity index (χ3n) is 3.09. The van der Waals surface area contributed by atoms with E-state index in [2.05, 4.69) is 26.0 Å². The van der Waals surface area contributed by atoms with Gasteiger partial charge in [-0.3, -0.25) is 4.21 Å². The lowest BCUT2D eigenvalue weighted by Gasteiger charge is -2.07. The third kappa shape index (κ3) is 3.67. The zero-order valence-electron chi connectivity index (χ0n) is 11.3. The molecule has 0 aliphatic heterocycles. The molecule has 1 unspecified atom stereocenters. The molecule has 0 aliphatic rings. The van der Waals surface area contributed by atoms with Gasteiger partial charge in [-0.25, -0.2) is 0 Å². The second-order valence-corrected chi connectivity index (χ2v) is 6.41. The molecule has 0 saturated carbocycles. The molecule has 2 rings (SSSR count). The molecule has 19 heavy (non-hydrogen) atoms. The number of benzene rings is 2. The minimum Gasteiger partial charge on any atom is -0.399 e. The van der Waals surface area contributed by atoms with E-state index < -0.39 is 10.8 Å². The molecule has 2 aromatic carbocycles. The lowest BCUT2D eigenvalue weighted by molar-refractivity contribution is 0.682. The summed E-state index contributed by atoms with van der Waals surface area (Å²) < 4.78 is 12.3. The third-order valence-corrected chi connectivity index (χ3v) is 4.48. The van der Waals surface area contributed by atoms with E-state index in [0.717, 1.165) is 16.1 Å². The fourth-order valence-corrected chi connectivity index (χ4v) is 2.95. The molecule has 0 amide bonds. The Bertz CT molecular complexity index is 558. The summed E-state index contributed by atoms with van der Waals surface area (Å²) in [5.74, 6) is 1.03. The highest BCUT2D eigenvalue weighted by atomic mass is 32.2. The Kier molecular flexibility index (Phi) is 4.38. The fourth-order valence-electron chi connectivity index (χ4n) is 1.85. The highest BCUT2D eigenvalue weighted by Gasteiger charge is 2.06. The van der Waals surface area contributed by atoms with Gasteiger partial charge in [0, 0.05) is 10.6 Å². The van der Waals surface area contributed by atoms with E-state index in [-0.39, 0.29) is 0 Å². The summed E-state index contributed by atoms with van der Waals surface area (Å²) in [4.78, 5) is 0.876. The molecule has 1 atom stereocenters. The normalized spacial score (nSPS) is 12.6. The zero-order chi connectivity index (χ0) is 13.8. The predicted octanol–water partition coefficient (Wildman–Crippen LogP) is 3.70. The molecule has 2 N–H and O–H groups in total. The van der Waals surface area contributed by atoms with Crippen molar-refractivity contribution in [1.82, 2.24) is 0 Å². The highest BCUT2D eigenvalue weighted by Crippen LogP contribution is 2.18. The van der Waals surface area contributed by atoms with Gasteiger partial charge in [0.05, 0.1) is 16.6 Å². The summed E-state index contributed by atoms with van der Waals surface area (Å²) in [5, 5.41) is 0. The number of anilines is 1. The first-order valence-corrected chi connectivity index (χ1v) is 7.71. The highest BCUT2D eigenvalue weighted by molar-refractivity contribution is 7.84. The van der Waals surface area contributed by atoms with Gasteiger partial charge in [-0.2, -0.15) is 0 Å². The number of rotatable bonds is 4. The molecule has 3 heteroatoms. The molecule has 0 aliphatic carbocycles. The Morgan fingerprint density at radius 2 is 1.58 bits per heavy atom. The van der Waals surface area contributed by atoms with Crippen molar-refractivity contribution in [3.8, 4) is 0 Å². The molecule has 0 spiro atoms. The Morgan fingerprint density at radius 3 is 2.11 bits per heavy atom. The van der Waals surface area contributed by atoms with Crippen LogP contribution in [0.15, 0.2) is 53.4 Å². The van der Waals surface area contributed by atoms with Crippen LogP contribution in [0.25, 0.3) is 0 Å². The molecule has 0 heterocycles. The maximum atomic E-state index is 12.3. The van der Waals surface area contributed by atoms with Crippen LogP contribution in [0.5, 0.6) is 0 Å². The summed E-state index contributed by atoms with van der Waals surface area (Å²) in [5.41, 5.74) is 8.68. The summed E-state index contributed by atoms with van der Waals surface area (Å²) in [6.45, 7) is 4.31. The van der Waals surface area contributed by atoms with E-state index in [4.69, 9.17) is 5.73 Å². The van der Waals surface area contributed by atoms with Crippen LogP contribution in [0.3, 0.4) is 0 Å². The lowest BCUT2D eigenvalue weighted by Crippen LogP contribution is -1.97. The van der Waals surface area contributed by atoms with E-state index in [1.165, 1.54) is 5.56 Å². The van der Waals surface area contributed by atoms with Crippen molar-refractivity contribution in [3.63, 3.8) is 0 Å². The summed E-state index contributed by atoms with van der Waals surface area (Å²) in [6.07, 6.45) is 0. The largest absolute Gasteiger partial charge is 0.399 e. The minimum atomic E-state index is -1.00. The molecule has 100 valence electrons. The fraction of sp³-hybridized carbons (Fsp3) is 0.250. The summed E-state index contributed by atoms with van der Waals surface area (Å²) in [6, 6.07) is 15.6. The standard InChI is InChI=1S/C16H19NOS/c1-12(2)14-5-9-16(10-6-14)19(18)11-13-3-7-15(17)8-4-13/h3-10,12H,11,17H2,1-2H3. The predicted molar refractivity (Wildman–Crippen MR) is 81.5 cm³/mol. The molecular formula is C16H19NOS. The van der Waals surface area contributed by atoms with E-state index in [1.54, 1.807) is 0 Å². The van der Waals surface area contributed by atoms with Gasteiger partial charge >= 0.3 is 0 Å². The maximum Gasteiger partial charge on any atom is 0.0574 e. The first kappa shape index (κ1) is 13.8. The first-order valence-electron chi connectivity index (χ1n) is 6.39. The number of nitrogen functional groups attached to an aromatic ring is 1. The summed E-state index contributed by atoms with van der Waals surface area (Å²) in [7, 11) is -1.00. The monoisotopic (exact) mass is 273 g/mol.